The molecule has 0 spiro atoms. The second-order valence-electron chi connectivity index (χ2n) is 6.41. The van der Waals surface area contributed by atoms with Gasteiger partial charge in [0.05, 0.1) is 0 Å². The number of nitrogens with zero attached hydrogens (tertiary/aromatic N) is 2. The molecular formula is C16H29N3O2. The number of amides is 1. The molecule has 0 bridgehead atoms. The molecule has 1 amide bonds. The number of nitrogens with one attached hydrogen (secondary N) is 1. The van der Waals surface area contributed by atoms with Crippen LogP contribution in [0.1, 0.15) is 45.4 Å². The number of hydrogen-bond donors (Lipinski definition) is 1. The number of hydrogen-bond acceptors (Lipinski definition) is 4. The van der Waals surface area contributed by atoms with E-state index in [-0.39, 0.29) is 17.7 Å². The van der Waals surface area contributed by atoms with E-state index in [0.717, 1.165) is 45.4 Å². The summed E-state index contributed by atoms with van der Waals surface area (Å²) in [6.07, 6.45) is 5.85. The van der Waals surface area contributed by atoms with E-state index in [2.05, 4.69) is 17.3 Å². The first-order chi connectivity index (χ1) is 10.1. The van der Waals surface area contributed by atoms with Crippen LogP contribution in [0.3, 0.4) is 0 Å². The Kier molecular flexibility index (Phi) is 6.18. The minimum Gasteiger partial charge on any atom is -0.332 e. The van der Waals surface area contributed by atoms with Gasteiger partial charge in [-0.2, -0.15) is 0 Å². The molecule has 5 nitrogen and oxygen atoms in total. The minimum absolute atomic E-state index is 0.196. The Bertz CT molecular complexity index is 365. The summed E-state index contributed by atoms with van der Waals surface area (Å²) in [6, 6.07) is 0.753. The van der Waals surface area contributed by atoms with Gasteiger partial charge in [-0.05, 0) is 52.2 Å². The smallest absolute Gasteiger partial charge is 0.290 e. The number of carbonyl (C=O) groups is 2. The van der Waals surface area contributed by atoms with Crippen molar-refractivity contribution in [2.45, 2.75) is 57.5 Å². The van der Waals surface area contributed by atoms with Crippen LogP contribution in [0, 0.1) is 0 Å². The SMILES string of the molecule is CCC(=O)C(=O)N1CCCCC1CNC1CCN(C)CC1. The summed E-state index contributed by atoms with van der Waals surface area (Å²) >= 11 is 0. The average molecular weight is 295 g/mol. The lowest BCUT2D eigenvalue weighted by atomic mass is 9.99. The van der Waals surface area contributed by atoms with Gasteiger partial charge in [0.15, 0.2) is 0 Å². The Labute approximate surface area is 128 Å². The highest BCUT2D eigenvalue weighted by atomic mass is 16.2. The molecule has 2 rings (SSSR count). The molecule has 1 atom stereocenters. The zero-order valence-electron chi connectivity index (χ0n) is 13.4. The van der Waals surface area contributed by atoms with Crippen molar-refractivity contribution in [3.8, 4) is 0 Å². The number of Topliss-reactive ketones (excluding diaryl/α,β-unsaturated/α-hetero) is 1. The molecule has 2 fully saturated rings. The van der Waals surface area contributed by atoms with Crippen molar-refractivity contribution in [3.63, 3.8) is 0 Å². The topological polar surface area (TPSA) is 52.7 Å². The Balaban J connectivity index is 1.84. The molecule has 0 aromatic heterocycles. The lowest BCUT2D eigenvalue weighted by Crippen LogP contribution is -2.52. The second-order valence-corrected chi connectivity index (χ2v) is 6.41. The maximum Gasteiger partial charge on any atom is 0.290 e. The van der Waals surface area contributed by atoms with Gasteiger partial charge in [-0.3, -0.25) is 9.59 Å². The van der Waals surface area contributed by atoms with E-state index >= 15 is 0 Å². The van der Waals surface area contributed by atoms with Gasteiger partial charge in [-0.15, -0.1) is 0 Å². The number of ketones is 1. The summed E-state index contributed by atoms with van der Waals surface area (Å²) in [6.45, 7) is 5.61. The quantitative estimate of drug-likeness (QED) is 0.770. The summed E-state index contributed by atoms with van der Waals surface area (Å²) < 4.78 is 0. The van der Waals surface area contributed by atoms with Crippen LogP contribution >= 0.6 is 0 Å². The van der Waals surface area contributed by atoms with Crippen molar-refractivity contribution in [2.24, 2.45) is 0 Å². The predicted molar refractivity (Wildman–Crippen MR) is 83.2 cm³/mol. The van der Waals surface area contributed by atoms with Crippen molar-refractivity contribution in [1.29, 1.82) is 0 Å². The van der Waals surface area contributed by atoms with Crippen LogP contribution in [0.2, 0.25) is 0 Å². The number of likely N-dealkylation sites (tertiary alicyclic amines) is 2. The van der Waals surface area contributed by atoms with Gasteiger partial charge in [0.25, 0.3) is 5.91 Å². The first-order valence-electron chi connectivity index (χ1n) is 8.37. The van der Waals surface area contributed by atoms with Crippen LogP contribution in [-0.2, 0) is 9.59 Å². The minimum atomic E-state index is -0.271. The summed E-state index contributed by atoms with van der Waals surface area (Å²) in [5.74, 6) is -0.520. The Hall–Kier alpha value is -0.940. The van der Waals surface area contributed by atoms with E-state index in [9.17, 15) is 9.59 Å². The molecule has 1 unspecified atom stereocenters. The third kappa shape index (κ3) is 4.51. The van der Waals surface area contributed by atoms with Gasteiger partial charge in [0.1, 0.15) is 0 Å². The Morgan fingerprint density at radius 2 is 1.81 bits per heavy atom. The molecule has 120 valence electrons. The fraction of sp³-hybridized carbons (Fsp3) is 0.875. The molecule has 2 heterocycles. The van der Waals surface area contributed by atoms with E-state index < -0.39 is 0 Å². The molecule has 5 heteroatoms. The Morgan fingerprint density at radius 1 is 1.10 bits per heavy atom. The van der Waals surface area contributed by atoms with Crippen molar-refractivity contribution < 1.29 is 9.59 Å². The van der Waals surface area contributed by atoms with Gasteiger partial charge >= 0.3 is 0 Å². The fourth-order valence-electron chi connectivity index (χ4n) is 3.31. The van der Waals surface area contributed by atoms with E-state index in [1.807, 2.05) is 4.90 Å². The maximum absolute atomic E-state index is 12.2. The summed E-state index contributed by atoms with van der Waals surface area (Å²) in [5, 5.41) is 3.62. The van der Waals surface area contributed by atoms with Crippen molar-refractivity contribution in [1.82, 2.24) is 15.1 Å². The first-order valence-corrected chi connectivity index (χ1v) is 8.37. The van der Waals surface area contributed by atoms with E-state index in [1.54, 1.807) is 6.92 Å². The zero-order valence-corrected chi connectivity index (χ0v) is 13.4. The highest BCUT2D eigenvalue weighted by Gasteiger charge is 2.30. The summed E-state index contributed by atoms with van der Waals surface area (Å²) in [4.78, 5) is 28.0. The third-order valence-electron chi connectivity index (χ3n) is 4.81. The van der Waals surface area contributed by atoms with Crippen LogP contribution in [0.25, 0.3) is 0 Å². The molecule has 2 saturated heterocycles. The Morgan fingerprint density at radius 3 is 2.48 bits per heavy atom. The van der Waals surface area contributed by atoms with Crippen LogP contribution < -0.4 is 5.32 Å². The lowest BCUT2D eigenvalue weighted by Gasteiger charge is -2.37. The molecule has 0 radical (unpaired) electrons. The fourth-order valence-corrected chi connectivity index (χ4v) is 3.31. The van der Waals surface area contributed by atoms with Gasteiger partial charge in [0.2, 0.25) is 5.78 Å². The van der Waals surface area contributed by atoms with E-state index in [4.69, 9.17) is 0 Å². The zero-order chi connectivity index (χ0) is 15.2. The van der Waals surface area contributed by atoms with E-state index in [1.165, 1.54) is 12.8 Å². The van der Waals surface area contributed by atoms with Gasteiger partial charge in [-0.1, -0.05) is 6.92 Å². The van der Waals surface area contributed by atoms with Gasteiger partial charge < -0.3 is 15.1 Å². The second kappa shape index (κ2) is 7.90. The third-order valence-corrected chi connectivity index (χ3v) is 4.81. The highest BCUT2D eigenvalue weighted by Crippen LogP contribution is 2.18. The molecule has 0 aromatic carbocycles. The van der Waals surface area contributed by atoms with Crippen LogP contribution in [-0.4, -0.2) is 66.8 Å². The highest BCUT2D eigenvalue weighted by molar-refractivity contribution is 6.36. The monoisotopic (exact) mass is 295 g/mol. The molecule has 0 saturated carbocycles. The normalized spacial score (nSPS) is 25.0. The van der Waals surface area contributed by atoms with Crippen molar-refractivity contribution in [2.75, 3.05) is 33.2 Å². The first kappa shape index (κ1) is 16.4. The number of rotatable bonds is 5. The summed E-state index contributed by atoms with van der Waals surface area (Å²) in [5.41, 5.74) is 0. The van der Waals surface area contributed by atoms with E-state index in [0.29, 0.717) is 12.5 Å². The number of piperidine rings is 2. The van der Waals surface area contributed by atoms with Crippen LogP contribution in [0.4, 0.5) is 0 Å². The van der Waals surface area contributed by atoms with Crippen molar-refractivity contribution in [3.05, 3.63) is 0 Å². The molecule has 1 N–H and O–H groups in total. The molecule has 0 aromatic rings. The maximum atomic E-state index is 12.2. The molecule has 0 aliphatic carbocycles. The van der Waals surface area contributed by atoms with Gasteiger partial charge in [0, 0.05) is 31.6 Å². The lowest BCUT2D eigenvalue weighted by molar-refractivity contribution is -0.147. The predicted octanol–water partition coefficient (Wildman–Crippen LogP) is 1.03. The van der Waals surface area contributed by atoms with Crippen LogP contribution in [0.5, 0.6) is 0 Å². The molecular weight excluding hydrogens is 266 g/mol. The average Bonchev–Trinajstić information content (AvgIpc) is 2.53. The van der Waals surface area contributed by atoms with Crippen LogP contribution in [0.15, 0.2) is 0 Å². The van der Waals surface area contributed by atoms with Crippen molar-refractivity contribution >= 4 is 11.7 Å². The largest absolute Gasteiger partial charge is 0.332 e. The molecule has 21 heavy (non-hydrogen) atoms. The molecule has 2 aliphatic rings. The van der Waals surface area contributed by atoms with Gasteiger partial charge in [-0.25, -0.2) is 0 Å². The summed E-state index contributed by atoms with van der Waals surface area (Å²) in [7, 11) is 2.16. The number of carbonyl (C=O) groups excluding carboxylic acids is 2. The standard InChI is InChI=1S/C16H29N3O2/c1-3-15(20)16(21)19-9-5-4-6-14(19)12-17-13-7-10-18(2)11-8-13/h13-14,17H,3-12H2,1-2H3. The molecule has 2 aliphatic heterocycles.